The molecule has 0 spiro atoms. The molecule has 126 valence electrons. The molecule has 24 heavy (non-hydrogen) atoms. The van der Waals surface area contributed by atoms with Gasteiger partial charge in [0.15, 0.2) is 0 Å². The second-order valence-electron chi connectivity index (χ2n) is 7.40. The lowest BCUT2D eigenvalue weighted by molar-refractivity contribution is -0.123. The summed E-state index contributed by atoms with van der Waals surface area (Å²) < 4.78 is 5.20. The number of benzene rings is 1. The van der Waals surface area contributed by atoms with Gasteiger partial charge in [0.1, 0.15) is 0 Å². The molecular weight excluding hydrogens is 306 g/mol. The van der Waals surface area contributed by atoms with E-state index in [1.54, 1.807) is 38.1 Å². The number of hydrogen-bond donors (Lipinski definition) is 0. The Morgan fingerprint density at radius 2 is 1.75 bits per heavy atom. The van der Waals surface area contributed by atoms with Crippen molar-refractivity contribution in [1.29, 1.82) is 0 Å². The number of hydrogen-bond acceptors (Lipinski definition) is 4. The molecule has 3 fully saturated rings. The molecule has 5 heteroatoms. The average Bonchev–Trinajstić information content (AvgIpc) is 3.21. The van der Waals surface area contributed by atoms with Crippen LogP contribution < -0.4 is 4.90 Å². The van der Waals surface area contributed by atoms with E-state index in [1.165, 1.54) is 4.90 Å². The molecule has 0 aromatic heterocycles. The lowest BCUT2D eigenvalue weighted by atomic mass is 9.81. The predicted octanol–water partition coefficient (Wildman–Crippen LogP) is 2.79. The van der Waals surface area contributed by atoms with E-state index in [1.807, 2.05) is 0 Å². The normalized spacial score (nSPS) is 31.0. The number of ether oxygens (including phenoxy) is 1. The van der Waals surface area contributed by atoms with Crippen molar-refractivity contribution in [3.8, 4) is 0 Å². The third-order valence-electron chi connectivity index (χ3n) is 5.61. The maximum absolute atomic E-state index is 12.8. The average molecular weight is 327 g/mol. The van der Waals surface area contributed by atoms with Gasteiger partial charge in [0, 0.05) is 0 Å². The van der Waals surface area contributed by atoms with Gasteiger partial charge in [-0.3, -0.25) is 14.5 Å². The van der Waals surface area contributed by atoms with Gasteiger partial charge in [-0.05, 0) is 63.1 Å². The maximum Gasteiger partial charge on any atom is 0.338 e. The third kappa shape index (κ3) is 2.18. The molecule has 2 amide bonds. The molecule has 0 N–H and O–H groups in total. The monoisotopic (exact) mass is 327 g/mol. The van der Waals surface area contributed by atoms with Crippen LogP contribution in [0.3, 0.4) is 0 Å². The zero-order chi connectivity index (χ0) is 17.0. The van der Waals surface area contributed by atoms with Crippen molar-refractivity contribution >= 4 is 23.5 Å². The largest absolute Gasteiger partial charge is 0.459 e. The molecule has 2 aliphatic carbocycles. The van der Waals surface area contributed by atoms with E-state index in [0.29, 0.717) is 23.1 Å². The Balaban J connectivity index is 1.64. The lowest BCUT2D eigenvalue weighted by Crippen LogP contribution is -2.32. The Morgan fingerprint density at radius 1 is 1.12 bits per heavy atom. The van der Waals surface area contributed by atoms with E-state index in [9.17, 15) is 14.4 Å². The van der Waals surface area contributed by atoms with Crippen LogP contribution in [0.4, 0.5) is 5.69 Å². The Hall–Kier alpha value is -2.17. The van der Waals surface area contributed by atoms with Gasteiger partial charge in [-0.15, -0.1) is 0 Å². The number of rotatable bonds is 3. The van der Waals surface area contributed by atoms with Crippen LogP contribution in [-0.4, -0.2) is 23.9 Å². The summed E-state index contributed by atoms with van der Waals surface area (Å²) in [4.78, 5) is 39.1. The first-order valence-corrected chi connectivity index (χ1v) is 8.66. The van der Waals surface area contributed by atoms with E-state index in [-0.39, 0.29) is 29.8 Å². The van der Waals surface area contributed by atoms with Crippen molar-refractivity contribution in [2.24, 2.45) is 23.7 Å². The molecule has 5 nitrogen and oxygen atoms in total. The van der Waals surface area contributed by atoms with Crippen LogP contribution in [-0.2, 0) is 14.3 Å². The second kappa shape index (κ2) is 5.43. The molecular formula is C19H21NO4. The first-order chi connectivity index (χ1) is 11.5. The van der Waals surface area contributed by atoms with Gasteiger partial charge in [-0.1, -0.05) is 6.07 Å². The highest BCUT2D eigenvalue weighted by atomic mass is 16.5. The fraction of sp³-hybridized carbons (Fsp3) is 0.526. The number of carbonyl (C=O) groups is 3. The summed E-state index contributed by atoms with van der Waals surface area (Å²) >= 11 is 0. The van der Waals surface area contributed by atoms with E-state index in [4.69, 9.17) is 4.74 Å². The first kappa shape index (κ1) is 15.4. The van der Waals surface area contributed by atoms with Crippen molar-refractivity contribution in [3.63, 3.8) is 0 Å². The van der Waals surface area contributed by atoms with Gasteiger partial charge >= 0.3 is 5.97 Å². The molecule has 1 aromatic carbocycles. The Morgan fingerprint density at radius 3 is 2.33 bits per heavy atom. The van der Waals surface area contributed by atoms with Gasteiger partial charge in [0.25, 0.3) is 0 Å². The quantitative estimate of drug-likeness (QED) is 0.632. The predicted molar refractivity (Wildman–Crippen MR) is 87.3 cm³/mol. The molecule has 2 saturated carbocycles. The highest BCUT2D eigenvalue weighted by molar-refractivity contribution is 6.22. The fourth-order valence-electron chi connectivity index (χ4n) is 4.72. The van der Waals surface area contributed by atoms with Crippen LogP contribution in [0.2, 0.25) is 0 Å². The van der Waals surface area contributed by atoms with Crippen LogP contribution in [0.5, 0.6) is 0 Å². The summed E-state index contributed by atoms with van der Waals surface area (Å²) in [7, 11) is 0. The van der Waals surface area contributed by atoms with Crippen molar-refractivity contribution in [2.45, 2.75) is 39.2 Å². The summed E-state index contributed by atoms with van der Waals surface area (Å²) in [5.41, 5.74) is 0.846. The smallest absolute Gasteiger partial charge is 0.338 e. The van der Waals surface area contributed by atoms with Crippen molar-refractivity contribution in [3.05, 3.63) is 29.8 Å². The van der Waals surface area contributed by atoms with Gasteiger partial charge < -0.3 is 4.74 Å². The summed E-state index contributed by atoms with van der Waals surface area (Å²) in [6.07, 6.45) is 2.91. The number of amides is 2. The molecule has 1 heterocycles. The van der Waals surface area contributed by atoms with Gasteiger partial charge in [-0.25, -0.2) is 4.79 Å². The van der Waals surface area contributed by atoms with Crippen LogP contribution in [0.1, 0.15) is 43.5 Å². The van der Waals surface area contributed by atoms with Gasteiger partial charge in [-0.2, -0.15) is 0 Å². The van der Waals surface area contributed by atoms with E-state index in [2.05, 4.69) is 0 Å². The Kier molecular flexibility index (Phi) is 3.48. The number of anilines is 1. The molecule has 1 aliphatic heterocycles. The number of nitrogens with zero attached hydrogens (tertiary/aromatic N) is 1. The Labute approximate surface area is 141 Å². The molecule has 4 rings (SSSR count). The van der Waals surface area contributed by atoms with E-state index in [0.717, 1.165) is 19.3 Å². The number of fused-ring (bicyclic) bond motifs is 5. The number of imide groups is 1. The molecule has 4 unspecified atom stereocenters. The van der Waals surface area contributed by atoms with E-state index >= 15 is 0 Å². The Bertz CT molecular complexity index is 698. The third-order valence-corrected chi connectivity index (χ3v) is 5.61. The van der Waals surface area contributed by atoms with Crippen LogP contribution in [0.15, 0.2) is 24.3 Å². The highest BCUT2D eigenvalue weighted by Crippen LogP contribution is 2.56. The van der Waals surface area contributed by atoms with Gasteiger partial charge in [0.05, 0.1) is 29.2 Å². The van der Waals surface area contributed by atoms with E-state index < -0.39 is 5.97 Å². The minimum Gasteiger partial charge on any atom is -0.459 e. The minimum absolute atomic E-state index is 0.0911. The maximum atomic E-state index is 12.8. The van der Waals surface area contributed by atoms with Crippen molar-refractivity contribution in [2.75, 3.05) is 4.90 Å². The van der Waals surface area contributed by atoms with Crippen molar-refractivity contribution in [1.82, 2.24) is 0 Å². The van der Waals surface area contributed by atoms with Crippen LogP contribution in [0, 0.1) is 23.7 Å². The fourth-order valence-corrected chi connectivity index (χ4v) is 4.72. The molecule has 3 aliphatic rings. The molecule has 2 bridgehead atoms. The number of esters is 1. The molecule has 0 radical (unpaired) electrons. The lowest BCUT2D eigenvalue weighted by Gasteiger charge is -2.19. The van der Waals surface area contributed by atoms with Crippen molar-refractivity contribution < 1.29 is 19.1 Å². The van der Waals surface area contributed by atoms with Gasteiger partial charge in [0.2, 0.25) is 11.8 Å². The summed E-state index contributed by atoms with van der Waals surface area (Å²) in [5, 5.41) is 0. The molecule has 4 atom stereocenters. The minimum atomic E-state index is -0.439. The summed E-state index contributed by atoms with van der Waals surface area (Å²) in [6, 6.07) is 6.63. The standard InChI is InChI=1S/C19H21NO4/c1-10(2)24-19(23)13-4-3-5-14(9-13)20-17(21)15-11-6-7-12(8-11)16(15)18(20)22/h3-5,9-12,15-16H,6-8H2,1-2H3. The summed E-state index contributed by atoms with van der Waals surface area (Å²) in [6.45, 7) is 3.57. The first-order valence-electron chi connectivity index (χ1n) is 8.66. The SMILES string of the molecule is CC(C)OC(=O)c1cccc(N2C(=O)C3C4CCC(C4)C3C2=O)c1. The number of carbonyl (C=O) groups excluding carboxylic acids is 3. The summed E-state index contributed by atoms with van der Waals surface area (Å²) in [5.74, 6) is -0.208. The highest BCUT2D eigenvalue weighted by Gasteiger charge is 2.61. The molecule has 1 aromatic rings. The molecule has 1 saturated heterocycles. The topological polar surface area (TPSA) is 63.7 Å². The van der Waals surface area contributed by atoms with Crippen LogP contribution >= 0.6 is 0 Å². The second-order valence-corrected chi connectivity index (χ2v) is 7.40. The van der Waals surface area contributed by atoms with Crippen LogP contribution in [0.25, 0.3) is 0 Å². The zero-order valence-corrected chi connectivity index (χ0v) is 13.9. The zero-order valence-electron chi connectivity index (χ0n) is 13.9.